The predicted molar refractivity (Wildman–Crippen MR) is 96.3 cm³/mol. The minimum Gasteiger partial charge on any atom is -0.368 e. The fourth-order valence-electron chi connectivity index (χ4n) is 3.65. The summed E-state index contributed by atoms with van der Waals surface area (Å²) in [6, 6.07) is 5.71. The van der Waals surface area contributed by atoms with E-state index in [9.17, 15) is 0 Å². The van der Waals surface area contributed by atoms with E-state index in [1.807, 2.05) is 0 Å². The van der Waals surface area contributed by atoms with Crippen molar-refractivity contribution in [2.45, 2.75) is 59.5 Å². The van der Waals surface area contributed by atoms with Gasteiger partial charge in [0.25, 0.3) is 0 Å². The third-order valence-electron chi connectivity index (χ3n) is 4.97. The number of nitrogens with zero attached hydrogens (tertiary/aromatic N) is 1. The fraction of sp³-hybridized carbons (Fsp3) is 0.667. The lowest BCUT2D eigenvalue weighted by Gasteiger charge is -2.45. The highest BCUT2D eigenvalue weighted by Gasteiger charge is 2.33. The lowest BCUT2D eigenvalue weighted by molar-refractivity contribution is 0.271. The Morgan fingerprint density at radius 3 is 2.43 bits per heavy atom. The molecule has 0 radical (unpaired) electrons. The van der Waals surface area contributed by atoms with Gasteiger partial charge in [0.05, 0.1) is 0 Å². The topological polar surface area (TPSA) is 15.3 Å². The third-order valence-corrected chi connectivity index (χ3v) is 5.43. The molecule has 118 valence electrons. The monoisotopic (exact) mass is 352 g/mol. The minimum atomic E-state index is 0.576. The molecule has 1 saturated heterocycles. The molecule has 1 fully saturated rings. The van der Waals surface area contributed by atoms with Crippen molar-refractivity contribution in [2.24, 2.45) is 5.92 Å². The fourth-order valence-corrected chi connectivity index (χ4v) is 4.34. The Morgan fingerprint density at radius 1 is 1.24 bits per heavy atom. The number of aryl methyl sites for hydroxylation is 2. The van der Waals surface area contributed by atoms with Gasteiger partial charge in [0.15, 0.2) is 0 Å². The van der Waals surface area contributed by atoms with Crippen LogP contribution in [-0.2, 0) is 0 Å². The second-order valence-corrected chi connectivity index (χ2v) is 7.45. The van der Waals surface area contributed by atoms with E-state index in [0.717, 1.165) is 13.1 Å². The first kappa shape index (κ1) is 16.8. The highest BCUT2D eigenvalue weighted by Crippen LogP contribution is 2.34. The largest absolute Gasteiger partial charge is 0.368 e. The summed E-state index contributed by atoms with van der Waals surface area (Å²) in [5.74, 6) is 0.674. The average molecular weight is 353 g/mol. The second kappa shape index (κ2) is 7.15. The van der Waals surface area contributed by atoms with Gasteiger partial charge >= 0.3 is 0 Å². The van der Waals surface area contributed by atoms with Crippen molar-refractivity contribution in [1.82, 2.24) is 5.32 Å². The Labute approximate surface area is 138 Å². The molecule has 3 heteroatoms. The molecular formula is C18H29BrN2. The van der Waals surface area contributed by atoms with E-state index >= 15 is 0 Å². The van der Waals surface area contributed by atoms with Crippen LogP contribution in [0.15, 0.2) is 16.6 Å². The summed E-state index contributed by atoms with van der Waals surface area (Å²) in [5.41, 5.74) is 4.19. The molecule has 1 heterocycles. The van der Waals surface area contributed by atoms with Crippen LogP contribution in [0.4, 0.5) is 5.69 Å². The van der Waals surface area contributed by atoms with Crippen LogP contribution in [0.25, 0.3) is 0 Å². The number of halogens is 1. The van der Waals surface area contributed by atoms with Crippen LogP contribution in [0.3, 0.4) is 0 Å². The molecule has 1 aliphatic heterocycles. The molecule has 0 spiro atoms. The predicted octanol–water partition coefficient (Wildman–Crippen LogP) is 4.67. The van der Waals surface area contributed by atoms with Crippen LogP contribution in [0.5, 0.6) is 0 Å². The Kier molecular flexibility index (Phi) is 5.73. The molecule has 0 saturated carbocycles. The van der Waals surface area contributed by atoms with Gasteiger partial charge in [-0.25, -0.2) is 0 Å². The number of piperidine rings is 1. The van der Waals surface area contributed by atoms with Gasteiger partial charge in [-0.05, 0) is 69.3 Å². The van der Waals surface area contributed by atoms with Gasteiger partial charge in [0, 0.05) is 28.8 Å². The SMILES string of the molecule is CCCNC1CCN(c2c(C)cc(Br)cc2C)C(C)C1C. The highest BCUT2D eigenvalue weighted by molar-refractivity contribution is 9.10. The normalized spacial score (nSPS) is 26.2. The number of hydrogen-bond acceptors (Lipinski definition) is 2. The zero-order valence-corrected chi connectivity index (χ0v) is 15.6. The van der Waals surface area contributed by atoms with Crippen molar-refractivity contribution in [3.63, 3.8) is 0 Å². The molecule has 1 aromatic rings. The van der Waals surface area contributed by atoms with Crippen LogP contribution < -0.4 is 10.2 Å². The average Bonchev–Trinajstić information content (AvgIpc) is 2.41. The zero-order valence-electron chi connectivity index (χ0n) is 14.0. The zero-order chi connectivity index (χ0) is 15.6. The lowest BCUT2D eigenvalue weighted by Crippen LogP contribution is -2.54. The van der Waals surface area contributed by atoms with Crippen molar-refractivity contribution in [2.75, 3.05) is 18.0 Å². The Hall–Kier alpha value is -0.540. The standard InChI is InChI=1S/C18H29BrN2/c1-6-8-20-17-7-9-21(15(5)14(17)4)18-12(2)10-16(19)11-13(18)3/h10-11,14-15,17,20H,6-9H2,1-5H3. The summed E-state index contributed by atoms with van der Waals surface area (Å²) in [6.45, 7) is 13.8. The first-order valence-electron chi connectivity index (χ1n) is 8.22. The first-order valence-corrected chi connectivity index (χ1v) is 9.01. The molecule has 1 aliphatic rings. The summed E-state index contributed by atoms with van der Waals surface area (Å²) in [5, 5.41) is 3.73. The van der Waals surface area contributed by atoms with Crippen molar-refractivity contribution < 1.29 is 0 Å². The van der Waals surface area contributed by atoms with E-state index in [4.69, 9.17) is 0 Å². The van der Waals surface area contributed by atoms with Gasteiger partial charge in [-0.15, -0.1) is 0 Å². The van der Waals surface area contributed by atoms with Gasteiger partial charge in [0.2, 0.25) is 0 Å². The molecule has 0 bridgehead atoms. The highest BCUT2D eigenvalue weighted by atomic mass is 79.9. The molecule has 0 aliphatic carbocycles. The number of benzene rings is 1. The minimum absolute atomic E-state index is 0.576. The summed E-state index contributed by atoms with van der Waals surface area (Å²) in [6.07, 6.45) is 2.45. The summed E-state index contributed by atoms with van der Waals surface area (Å²) in [7, 11) is 0. The molecule has 0 aromatic heterocycles. The van der Waals surface area contributed by atoms with Crippen molar-refractivity contribution in [3.8, 4) is 0 Å². The van der Waals surface area contributed by atoms with Crippen LogP contribution >= 0.6 is 15.9 Å². The summed E-state index contributed by atoms with van der Waals surface area (Å²) < 4.78 is 1.18. The molecule has 1 N–H and O–H groups in total. The molecule has 3 unspecified atom stereocenters. The molecule has 2 nitrogen and oxygen atoms in total. The second-order valence-electron chi connectivity index (χ2n) is 6.53. The molecule has 2 rings (SSSR count). The Balaban J connectivity index is 2.20. The van der Waals surface area contributed by atoms with Crippen molar-refractivity contribution in [1.29, 1.82) is 0 Å². The van der Waals surface area contributed by atoms with E-state index in [-0.39, 0.29) is 0 Å². The quantitative estimate of drug-likeness (QED) is 0.846. The maximum atomic E-state index is 3.73. The van der Waals surface area contributed by atoms with Gasteiger partial charge in [-0.3, -0.25) is 0 Å². The van der Waals surface area contributed by atoms with Crippen molar-refractivity contribution in [3.05, 3.63) is 27.7 Å². The molecule has 1 aromatic carbocycles. The van der Waals surface area contributed by atoms with Gasteiger partial charge < -0.3 is 10.2 Å². The molecule has 21 heavy (non-hydrogen) atoms. The molecular weight excluding hydrogens is 324 g/mol. The van der Waals surface area contributed by atoms with Crippen LogP contribution in [-0.4, -0.2) is 25.2 Å². The van der Waals surface area contributed by atoms with Gasteiger partial charge in [0.1, 0.15) is 0 Å². The van der Waals surface area contributed by atoms with Gasteiger partial charge in [-0.2, -0.15) is 0 Å². The van der Waals surface area contributed by atoms with E-state index in [0.29, 0.717) is 18.0 Å². The number of nitrogens with one attached hydrogen (secondary N) is 1. The maximum Gasteiger partial charge on any atom is 0.0428 e. The Morgan fingerprint density at radius 2 is 1.86 bits per heavy atom. The number of hydrogen-bond donors (Lipinski definition) is 1. The van der Waals surface area contributed by atoms with E-state index in [2.05, 4.69) is 72.9 Å². The summed E-state index contributed by atoms with van der Waals surface area (Å²) >= 11 is 3.61. The number of anilines is 1. The molecule has 0 amide bonds. The van der Waals surface area contributed by atoms with E-state index in [1.54, 1.807) is 0 Å². The number of rotatable bonds is 4. The Bertz CT molecular complexity index is 463. The molecule has 3 atom stereocenters. The maximum absolute atomic E-state index is 3.73. The van der Waals surface area contributed by atoms with Gasteiger partial charge in [-0.1, -0.05) is 29.8 Å². The van der Waals surface area contributed by atoms with Crippen LogP contribution in [0, 0.1) is 19.8 Å². The first-order chi connectivity index (χ1) is 9.95. The van der Waals surface area contributed by atoms with Crippen molar-refractivity contribution >= 4 is 21.6 Å². The van der Waals surface area contributed by atoms with Crippen LogP contribution in [0.1, 0.15) is 44.7 Å². The third kappa shape index (κ3) is 3.62. The van der Waals surface area contributed by atoms with E-state index < -0.39 is 0 Å². The van der Waals surface area contributed by atoms with E-state index in [1.165, 1.54) is 34.1 Å². The van der Waals surface area contributed by atoms with Crippen LogP contribution in [0.2, 0.25) is 0 Å². The summed E-state index contributed by atoms with van der Waals surface area (Å²) in [4.78, 5) is 2.62. The smallest absolute Gasteiger partial charge is 0.0428 e. The lowest BCUT2D eigenvalue weighted by atomic mass is 9.86.